The Morgan fingerprint density at radius 2 is 2.00 bits per heavy atom. The molecule has 1 aromatic carbocycles. The molecule has 122 valence electrons. The number of ether oxygens (including phenoxy) is 1. The molecule has 0 saturated carbocycles. The fourth-order valence-corrected chi connectivity index (χ4v) is 2.89. The van der Waals surface area contributed by atoms with Gasteiger partial charge >= 0.3 is 0 Å². The van der Waals surface area contributed by atoms with Gasteiger partial charge in [0, 0.05) is 12.2 Å². The van der Waals surface area contributed by atoms with E-state index in [9.17, 15) is 9.18 Å². The van der Waals surface area contributed by atoms with E-state index in [0.29, 0.717) is 13.2 Å². The van der Waals surface area contributed by atoms with Crippen LogP contribution in [0.1, 0.15) is 23.6 Å². The first kappa shape index (κ1) is 17.2. The average Bonchev–Trinajstić information content (AvgIpc) is 2.46. The third-order valence-corrected chi connectivity index (χ3v) is 3.76. The lowest BCUT2D eigenvalue weighted by Gasteiger charge is -2.28. The third kappa shape index (κ3) is 3.96. The maximum absolute atomic E-state index is 13.3. The van der Waals surface area contributed by atoms with Gasteiger partial charge in [-0.05, 0) is 61.2 Å². The van der Waals surface area contributed by atoms with Crippen molar-refractivity contribution in [1.82, 2.24) is 0 Å². The van der Waals surface area contributed by atoms with E-state index in [0.717, 1.165) is 28.0 Å². The molecule has 0 N–H and O–H groups in total. The molecule has 3 nitrogen and oxygen atoms in total. The number of hydrogen-bond donors (Lipinski definition) is 0. The number of aryl methyl sites for hydroxylation is 2. The summed E-state index contributed by atoms with van der Waals surface area (Å²) in [6, 6.07) is 3.92. The van der Waals surface area contributed by atoms with Crippen LogP contribution >= 0.6 is 0 Å². The van der Waals surface area contributed by atoms with E-state index in [-0.39, 0.29) is 12.5 Å². The fraction of sp³-hybridized carbons (Fsp3) is 0.316. The van der Waals surface area contributed by atoms with Gasteiger partial charge in [0.05, 0.1) is 6.61 Å². The fourth-order valence-electron chi connectivity index (χ4n) is 2.89. The summed E-state index contributed by atoms with van der Waals surface area (Å²) in [5, 5.41) is 0. The molecule has 0 unspecified atom stereocenters. The minimum absolute atomic E-state index is 0.0378. The smallest absolute Gasteiger partial charge is 0.253 e. The van der Waals surface area contributed by atoms with Crippen LogP contribution < -0.4 is 4.90 Å². The van der Waals surface area contributed by atoms with E-state index in [2.05, 4.69) is 6.58 Å². The van der Waals surface area contributed by atoms with Crippen LogP contribution in [0.15, 0.2) is 42.8 Å². The van der Waals surface area contributed by atoms with Crippen molar-refractivity contribution < 1.29 is 13.9 Å². The molecule has 2 rings (SSSR count). The van der Waals surface area contributed by atoms with Gasteiger partial charge in [-0.2, -0.15) is 0 Å². The molecule has 1 aliphatic rings. The Hall–Kier alpha value is -2.20. The van der Waals surface area contributed by atoms with E-state index in [1.54, 1.807) is 4.90 Å². The first-order valence-corrected chi connectivity index (χ1v) is 7.62. The molecule has 1 heterocycles. The van der Waals surface area contributed by atoms with Crippen LogP contribution in [0.5, 0.6) is 0 Å². The number of halogens is 1. The first-order valence-electron chi connectivity index (χ1n) is 7.62. The molecule has 1 aliphatic heterocycles. The lowest BCUT2D eigenvalue weighted by atomic mass is 9.93. The molecule has 1 saturated heterocycles. The van der Waals surface area contributed by atoms with Crippen LogP contribution in [-0.4, -0.2) is 25.7 Å². The van der Waals surface area contributed by atoms with E-state index in [4.69, 9.17) is 4.74 Å². The number of amides is 1. The van der Waals surface area contributed by atoms with E-state index in [1.165, 1.54) is 6.08 Å². The first-order chi connectivity index (χ1) is 10.9. The lowest BCUT2D eigenvalue weighted by molar-refractivity contribution is -0.125. The second kappa shape index (κ2) is 7.38. The molecule has 0 aliphatic carbocycles. The van der Waals surface area contributed by atoms with E-state index >= 15 is 0 Å². The van der Waals surface area contributed by atoms with Crippen molar-refractivity contribution in [2.75, 3.05) is 24.7 Å². The van der Waals surface area contributed by atoms with Crippen LogP contribution in [0.3, 0.4) is 0 Å². The molecule has 1 amide bonds. The van der Waals surface area contributed by atoms with Crippen LogP contribution in [0.2, 0.25) is 0 Å². The number of anilines is 1. The third-order valence-electron chi connectivity index (χ3n) is 3.76. The predicted octanol–water partition coefficient (Wildman–Crippen LogP) is 4.11. The van der Waals surface area contributed by atoms with Gasteiger partial charge in [-0.25, -0.2) is 4.39 Å². The minimum atomic E-state index is -0.482. The molecule has 0 atom stereocenters. The van der Waals surface area contributed by atoms with Crippen molar-refractivity contribution in [2.24, 2.45) is 0 Å². The highest BCUT2D eigenvalue weighted by molar-refractivity contribution is 5.95. The molecule has 0 radical (unpaired) electrons. The summed E-state index contributed by atoms with van der Waals surface area (Å²) in [6.07, 6.45) is 5.15. The van der Waals surface area contributed by atoms with Gasteiger partial charge in [0.15, 0.2) is 0 Å². The summed E-state index contributed by atoms with van der Waals surface area (Å²) < 4.78 is 18.4. The van der Waals surface area contributed by atoms with Crippen molar-refractivity contribution in [3.05, 3.63) is 59.5 Å². The Kier molecular flexibility index (Phi) is 5.50. The molecule has 0 spiro atoms. The number of nitrogens with zero attached hydrogens (tertiary/aromatic N) is 1. The summed E-state index contributed by atoms with van der Waals surface area (Å²) >= 11 is 0. The standard InChI is InChI=1S/C19H22FNO2/c1-5-6-16(11-15(4)20)19-13(2)9-17(10-14(19)3)21-7-8-23-12-18(21)22/h5-6,9-11H,4,7-8,12H2,1-3H3/b6-5-,16-11+. The quantitative estimate of drug-likeness (QED) is 0.783. The molecular formula is C19H22FNO2. The summed E-state index contributed by atoms with van der Waals surface area (Å²) in [4.78, 5) is 13.7. The van der Waals surface area contributed by atoms with Gasteiger partial charge in [-0.1, -0.05) is 18.7 Å². The number of morpholine rings is 1. The zero-order valence-electron chi connectivity index (χ0n) is 13.9. The number of benzene rings is 1. The average molecular weight is 315 g/mol. The summed E-state index contributed by atoms with van der Waals surface area (Å²) in [5.74, 6) is -0.520. The van der Waals surface area contributed by atoms with Gasteiger partial charge in [-0.3, -0.25) is 4.79 Å². The second-order valence-electron chi connectivity index (χ2n) is 5.60. The molecule has 1 aromatic rings. The second-order valence-corrected chi connectivity index (χ2v) is 5.60. The van der Waals surface area contributed by atoms with Crippen LogP contribution in [0.4, 0.5) is 10.1 Å². The monoisotopic (exact) mass is 315 g/mol. The van der Waals surface area contributed by atoms with E-state index in [1.807, 2.05) is 45.1 Å². The van der Waals surface area contributed by atoms with Crippen molar-refractivity contribution >= 4 is 17.2 Å². The summed E-state index contributed by atoms with van der Waals surface area (Å²) in [6.45, 7) is 10.3. The predicted molar refractivity (Wildman–Crippen MR) is 92.1 cm³/mol. The summed E-state index contributed by atoms with van der Waals surface area (Å²) in [7, 11) is 0. The highest BCUT2D eigenvalue weighted by atomic mass is 19.1. The number of hydrogen-bond acceptors (Lipinski definition) is 2. The normalized spacial score (nSPS) is 16.3. The van der Waals surface area contributed by atoms with Crippen LogP contribution in [0.25, 0.3) is 5.57 Å². The topological polar surface area (TPSA) is 29.5 Å². The Balaban J connectivity index is 2.48. The van der Waals surface area contributed by atoms with Gasteiger partial charge in [0.2, 0.25) is 0 Å². The number of allylic oxidation sites excluding steroid dienone is 5. The Labute approximate surface area is 136 Å². The van der Waals surface area contributed by atoms with Crippen molar-refractivity contribution in [2.45, 2.75) is 20.8 Å². The number of carbonyl (C=O) groups is 1. The van der Waals surface area contributed by atoms with Gasteiger partial charge in [0.25, 0.3) is 5.91 Å². The van der Waals surface area contributed by atoms with Crippen LogP contribution in [0, 0.1) is 13.8 Å². The lowest BCUT2D eigenvalue weighted by Crippen LogP contribution is -2.41. The molecule has 0 bridgehead atoms. The van der Waals surface area contributed by atoms with Gasteiger partial charge in [0.1, 0.15) is 12.4 Å². The Morgan fingerprint density at radius 3 is 2.52 bits per heavy atom. The number of carbonyl (C=O) groups excluding carboxylic acids is 1. The highest BCUT2D eigenvalue weighted by Crippen LogP contribution is 2.30. The van der Waals surface area contributed by atoms with E-state index < -0.39 is 5.83 Å². The molecule has 4 heteroatoms. The largest absolute Gasteiger partial charge is 0.370 e. The molecule has 0 aromatic heterocycles. The van der Waals surface area contributed by atoms with Gasteiger partial charge < -0.3 is 9.64 Å². The summed E-state index contributed by atoms with van der Waals surface area (Å²) in [5.41, 5.74) is 4.58. The van der Waals surface area contributed by atoms with Crippen molar-refractivity contribution in [3.8, 4) is 0 Å². The zero-order chi connectivity index (χ0) is 17.0. The maximum atomic E-state index is 13.3. The maximum Gasteiger partial charge on any atom is 0.253 e. The van der Waals surface area contributed by atoms with Gasteiger partial charge in [-0.15, -0.1) is 0 Å². The highest BCUT2D eigenvalue weighted by Gasteiger charge is 2.21. The van der Waals surface area contributed by atoms with Crippen molar-refractivity contribution in [3.63, 3.8) is 0 Å². The SMILES string of the molecule is C=C(F)/C=C(\C=C/C)c1c(C)cc(N2CCOCC2=O)cc1C. The molecule has 23 heavy (non-hydrogen) atoms. The Morgan fingerprint density at radius 1 is 1.35 bits per heavy atom. The molecular weight excluding hydrogens is 293 g/mol. The van der Waals surface area contributed by atoms with Crippen molar-refractivity contribution in [1.29, 1.82) is 0 Å². The van der Waals surface area contributed by atoms with Crippen LogP contribution in [-0.2, 0) is 9.53 Å². The zero-order valence-corrected chi connectivity index (χ0v) is 13.9. The number of rotatable bonds is 4. The minimum Gasteiger partial charge on any atom is -0.370 e. The Bertz CT molecular complexity index is 666. The molecule has 1 fully saturated rings.